The van der Waals surface area contributed by atoms with Crippen LogP contribution in [-0.4, -0.2) is 18.3 Å². The van der Waals surface area contributed by atoms with E-state index in [0.29, 0.717) is 0 Å². The van der Waals surface area contributed by atoms with E-state index in [1.807, 2.05) is 11.3 Å². The molecule has 0 amide bonds. The monoisotopic (exact) mass is 250 g/mol. The molecule has 17 heavy (non-hydrogen) atoms. The van der Waals surface area contributed by atoms with Gasteiger partial charge in [-0.25, -0.2) is 0 Å². The zero-order chi connectivity index (χ0) is 12.3. The highest BCUT2D eigenvalue weighted by atomic mass is 32.1. The van der Waals surface area contributed by atoms with Crippen LogP contribution in [0.4, 0.5) is 0 Å². The maximum absolute atomic E-state index is 6.12. The van der Waals surface area contributed by atoms with Crippen molar-refractivity contribution < 1.29 is 9.31 Å². The van der Waals surface area contributed by atoms with Crippen molar-refractivity contribution >= 4 is 23.9 Å². The van der Waals surface area contributed by atoms with Crippen LogP contribution < -0.4 is 5.46 Å². The Morgan fingerprint density at radius 2 is 1.76 bits per heavy atom. The molecule has 0 spiro atoms. The molecule has 1 aliphatic heterocycles. The van der Waals surface area contributed by atoms with Gasteiger partial charge in [0.05, 0.1) is 11.2 Å². The van der Waals surface area contributed by atoms with Crippen molar-refractivity contribution in [1.29, 1.82) is 0 Å². The zero-order valence-corrected chi connectivity index (χ0v) is 11.8. The standard InChI is InChI=1S/C13H19BO2S/c1-12(2)13(3,4)16-14(15-12)10-8-17-11-7-5-6-9(10)11/h8H,5-7H2,1-4H3. The number of rotatable bonds is 1. The van der Waals surface area contributed by atoms with Crippen LogP contribution in [0.2, 0.25) is 0 Å². The number of hydrogen-bond acceptors (Lipinski definition) is 3. The van der Waals surface area contributed by atoms with E-state index in [-0.39, 0.29) is 18.3 Å². The molecule has 0 saturated carbocycles. The van der Waals surface area contributed by atoms with E-state index >= 15 is 0 Å². The lowest BCUT2D eigenvalue weighted by Gasteiger charge is -2.32. The third-order valence-corrected chi connectivity index (χ3v) is 5.46. The fourth-order valence-electron chi connectivity index (χ4n) is 2.52. The molecule has 0 aromatic carbocycles. The van der Waals surface area contributed by atoms with Gasteiger partial charge in [-0.1, -0.05) is 0 Å². The van der Waals surface area contributed by atoms with E-state index in [1.54, 1.807) is 0 Å². The summed E-state index contributed by atoms with van der Waals surface area (Å²) >= 11 is 1.87. The first-order chi connectivity index (χ1) is 7.91. The second-order valence-electron chi connectivity index (χ2n) is 6.03. The third-order valence-electron chi connectivity index (χ3n) is 4.35. The van der Waals surface area contributed by atoms with Crippen LogP contribution in [0.5, 0.6) is 0 Å². The van der Waals surface area contributed by atoms with Gasteiger partial charge >= 0.3 is 7.12 Å². The number of thiophene rings is 1. The molecule has 2 nitrogen and oxygen atoms in total. The van der Waals surface area contributed by atoms with Gasteiger partial charge in [-0.15, -0.1) is 11.3 Å². The lowest BCUT2D eigenvalue weighted by molar-refractivity contribution is 0.00578. The Morgan fingerprint density at radius 3 is 2.41 bits per heavy atom. The SMILES string of the molecule is CC1(C)OB(c2csc3c2CCC3)OC1(C)C. The fourth-order valence-corrected chi connectivity index (χ4v) is 3.67. The van der Waals surface area contributed by atoms with Crippen LogP contribution in [-0.2, 0) is 22.2 Å². The van der Waals surface area contributed by atoms with Gasteiger partial charge in [0.1, 0.15) is 0 Å². The summed E-state index contributed by atoms with van der Waals surface area (Å²) in [7, 11) is -0.168. The molecule has 1 saturated heterocycles. The fraction of sp³-hybridized carbons (Fsp3) is 0.692. The maximum Gasteiger partial charge on any atom is 0.495 e. The van der Waals surface area contributed by atoms with Crippen molar-refractivity contribution in [2.24, 2.45) is 0 Å². The average molecular weight is 250 g/mol. The minimum absolute atomic E-state index is 0.168. The van der Waals surface area contributed by atoms with E-state index in [1.165, 1.54) is 35.2 Å². The Bertz CT molecular complexity index is 434. The second-order valence-corrected chi connectivity index (χ2v) is 7.00. The highest BCUT2D eigenvalue weighted by Crippen LogP contribution is 2.38. The Hall–Kier alpha value is -0.315. The van der Waals surface area contributed by atoms with Crippen molar-refractivity contribution in [3.05, 3.63) is 15.8 Å². The molecule has 0 N–H and O–H groups in total. The van der Waals surface area contributed by atoms with Crippen LogP contribution in [0, 0.1) is 0 Å². The van der Waals surface area contributed by atoms with Crippen molar-refractivity contribution in [2.75, 3.05) is 0 Å². The second kappa shape index (κ2) is 3.59. The first-order valence-corrected chi connectivity index (χ1v) is 7.23. The van der Waals surface area contributed by atoms with Gasteiger partial charge in [0, 0.05) is 4.88 Å². The molecular weight excluding hydrogens is 231 g/mol. The predicted molar refractivity (Wildman–Crippen MR) is 72.1 cm³/mol. The molecule has 0 unspecified atom stereocenters. The molecule has 92 valence electrons. The Labute approximate surface area is 107 Å². The Kier molecular flexibility index (Phi) is 2.48. The molecule has 0 radical (unpaired) electrons. The zero-order valence-electron chi connectivity index (χ0n) is 11.0. The van der Waals surface area contributed by atoms with E-state index in [2.05, 4.69) is 33.1 Å². The predicted octanol–water partition coefficient (Wildman–Crippen LogP) is 2.54. The molecule has 3 rings (SSSR count). The van der Waals surface area contributed by atoms with Gasteiger partial charge in [0.2, 0.25) is 0 Å². The normalized spacial score (nSPS) is 25.3. The summed E-state index contributed by atoms with van der Waals surface area (Å²) in [5.74, 6) is 0. The van der Waals surface area contributed by atoms with Crippen LogP contribution in [0.3, 0.4) is 0 Å². The minimum Gasteiger partial charge on any atom is -0.399 e. The maximum atomic E-state index is 6.12. The molecular formula is C13H19BO2S. The quantitative estimate of drug-likeness (QED) is 0.713. The van der Waals surface area contributed by atoms with Gasteiger partial charge < -0.3 is 9.31 Å². The highest BCUT2D eigenvalue weighted by molar-refractivity contribution is 7.11. The topological polar surface area (TPSA) is 18.5 Å². The van der Waals surface area contributed by atoms with E-state index in [0.717, 1.165) is 0 Å². The summed E-state index contributed by atoms with van der Waals surface area (Å²) in [5, 5.41) is 2.23. The molecule has 0 atom stereocenters. The number of aryl methyl sites for hydroxylation is 1. The van der Waals surface area contributed by atoms with E-state index in [9.17, 15) is 0 Å². The Morgan fingerprint density at radius 1 is 1.12 bits per heavy atom. The molecule has 1 aliphatic carbocycles. The summed E-state index contributed by atoms with van der Waals surface area (Å²) < 4.78 is 12.2. The van der Waals surface area contributed by atoms with Gasteiger partial charge in [-0.05, 0) is 63.4 Å². The summed E-state index contributed by atoms with van der Waals surface area (Å²) in [6.07, 6.45) is 3.71. The van der Waals surface area contributed by atoms with Crippen LogP contribution in [0.15, 0.2) is 5.38 Å². The third kappa shape index (κ3) is 1.69. The minimum atomic E-state index is -0.231. The van der Waals surface area contributed by atoms with Crippen molar-refractivity contribution in [1.82, 2.24) is 0 Å². The summed E-state index contributed by atoms with van der Waals surface area (Å²) in [5.41, 5.74) is 2.31. The molecule has 1 fully saturated rings. The average Bonchev–Trinajstić information content (AvgIpc) is 2.78. The largest absolute Gasteiger partial charge is 0.495 e. The molecule has 4 heteroatoms. The summed E-state index contributed by atoms with van der Waals surface area (Å²) in [4.78, 5) is 1.54. The van der Waals surface area contributed by atoms with Crippen molar-refractivity contribution in [3.63, 3.8) is 0 Å². The number of fused-ring (bicyclic) bond motifs is 1. The summed E-state index contributed by atoms with van der Waals surface area (Å²) in [6, 6.07) is 0. The van der Waals surface area contributed by atoms with Crippen molar-refractivity contribution in [3.8, 4) is 0 Å². The molecule has 1 aromatic rings. The first kappa shape index (κ1) is 11.8. The number of hydrogen-bond donors (Lipinski definition) is 0. The van der Waals surface area contributed by atoms with Crippen LogP contribution >= 0.6 is 11.3 Å². The van der Waals surface area contributed by atoms with Crippen molar-refractivity contribution in [2.45, 2.75) is 58.2 Å². The summed E-state index contributed by atoms with van der Waals surface area (Å²) in [6.45, 7) is 8.44. The van der Waals surface area contributed by atoms with Gasteiger partial charge in [-0.2, -0.15) is 0 Å². The van der Waals surface area contributed by atoms with E-state index in [4.69, 9.17) is 9.31 Å². The van der Waals surface area contributed by atoms with E-state index < -0.39 is 0 Å². The lowest BCUT2D eigenvalue weighted by Crippen LogP contribution is -2.41. The van der Waals surface area contributed by atoms with Crippen LogP contribution in [0.1, 0.15) is 44.6 Å². The lowest BCUT2D eigenvalue weighted by atomic mass is 9.78. The highest BCUT2D eigenvalue weighted by Gasteiger charge is 2.52. The molecule has 0 bridgehead atoms. The molecule has 1 aromatic heterocycles. The Balaban J connectivity index is 1.92. The smallest absolute Gasteiger partial charge is 0.399 e. The molecule has 2 aliphatic rings. The van der Waals surface area contributed by atoms with Gasteiger partial charge in [-0.3, -0.25) is 0 Å². The van der Waals surface area contributed by atoms with Gasteiger partial charge in [0.25, 0.3) is 0 Å². The van der Waals surface area contributed by atoms with Gasteiger partial charge in [0.15, 0.2) is 0 Å². The van der Waals surface area contributed by atoms with Crippen LogP contribution in [0.25, 0.3) is 0 Å². The first-order valence-electron chi connectivity index (χ1n) is 6.35. The molecule has 2 heterocycles.